The normalized spacial score (nSPS) is 17.0. The van der Waals surface area contributed by atoms with E-state index in [0.29, 0.717) is 52.2 Å². The zero-order valence-electron chi connectivity index (χ0n) is 20.9. The first-order valence-electron chi connectivity index (χ1n) is 11.8. The Morgan fingerprint density at radius 2 is 1.73 bits per heavy atom. The molecular formula is C29H28Cl2N2O4. The maximum atomic E-state index is 13.2. The highest BCUT2D eigenvalue weighted by Gasteiger charge is 2.46. The van der Waals surface area contributed by atoms with E-state index in [1.807, 2.05) is 56.3 Å². The number of ketones is 1. The summed E-state index contributed by atoms with van der Waals surface area (Å²) < 4.78 is 5.90. The second-order valence-electron chi connectivity index (χ2n) is 9.22. The zero-order valence-corrected chi connectivity index (χ0v) is 22.4. The van der Waals surface area contributed by atoms with Crippen LogP contribution < -0.4 is 4.74 Å². The van der Waals surface area contributed by atoms with Gasteiger partial charge in [0.25, 0.3) is 11.7 Å². The Kier molecular flexibility index (Phi) is 8.22. The number of Topliss-reactive ketones (excluding diaryl/α,β-unsaturated/α-hetero) is 1. The highest BCUT2D eigenvalue weighted by Crippen LogP contribution is 2.41. The summed E-state index contributed by atoms with van der Waals surface area (Å²) in [5, 5.41) is 12.1. The number of aliphatic hydroxyl groups is 1. The lowest BCUT2D eigenvalue weighted by Crippen LogP contribution is -2.35. The van der Waals surface area contributed by atoms with Gasteiger partial charge in [0.1, 0.15) is 18.1 Å². The molecule has 0 saturated carbocycles. The fraction of sp³-hybridized carbons (Fsp3) is 0.241. The largest absolute Gasteiger partial charge is 0.507 e. The van der Waals surface area contributed by atoms with Crippen molar-refractivity contribution in [1.29, 1.82) is 0 Å². The van der Waals surface area contributed by atoms with E-state index in [2.05, 4.69) is 0 Å². The molecule has 1 saturated heterocycles. The summed E-state index contributed by atoms with van der Waals surface area (Å²) >= 11 is 12.4. The van der Waals surface area contributed by atoms with Gasteiger partial charge in [-0.25, -0.2) is 0 Å². The number of hydrogen-bond donors (Lipinski definition) is 1. The van der Waals surface area contributed by atoms with Crippen LogP contribution in [0.5, 0.6) is 5.75 Å². The van der Waals surface area contributed by atoms with Gasteiger partial charge in [-0.3, -0.25) is 9.59 Å². The van der Waals surface area contributed by atoms with Gasteiger partial charge in [0, 0.05) is 18.7 Å². The minimum absolute atomic E-state index is 0.0169. The standard InChI is InChI=1S/C29H28Cl2N2O4/c1-18-15-21(37-17-19-7-5-4-6-8-19)10-11-22(18)27(34)25-26(20-9-12-23(30)24(31)16-20)33(14-13-32(2)3)29(36)28(25)35/h4-12,15-16,26,34H,13-14,17H2,1-3H3/t26-/m1/s1. The van der Waals surface area contributed by atoms with Gasteiger partial charge >= 0.3 is 0 Å². The number of carbonyl (C=O) groups excluding carboxylic acids is 2. The lowest BCUT2D eigenvalue weighted by atomic mass is 9.94. The number of halogens is 2. The van der Waals surface area contributed by atoms with Gasteiger partial charge in [0.15, 0.2) is 0 Å². The average Bonchev–Trinajstić information content (AvgIpc) is 3.13. The Labute approximate surface area is 226 Å². The number of ether oxygens (including phenoxy) is 1. The zero-order chi connectivity index (χ0) is 26.7. The van der Waals surface area contributed by atoms with E-state index in [-0.39, 0.29) is 11.3 Å². The summed E-state index contributed by atoms with van der Waals surface area (Å²) in [7, 11) is 3.77. The molecule has 1 aliphatic rings. The molecule has 0 radical (unpaired) electrons. The van der Waals surface area contributed by atoms with Crippen molar-refractivity contribution in [2.45, 2.75) is 19.6 Å². The van der Waals surface area contributed by atoms with Crippen LogP contribution in [0.4, 0.5) is 0 Å². The van der Waals surface area contributed by atoms with Crippen LogP contribution in [-0.4, -0.2) is 53.8 Å². The number of carbonyl (C=O) groups is 2. The molecule has 0 bridgehead atoms. The van der Waals surface area contributed by atoms with Gasteiger partial charge in [-0.1, -0.05) is 59.6 Å². The number of likely N-dealkylation sites (tertiary alicyclic amines) is 1. The molecule has 0 aromatic heterocycles. The number of rotatable bonds is 8. The van der Waals surface area contributed by atoms with Crippen LogP contribution in [-0.2, 0) is 16.2 Å². The lowest BCUT2D eigenvalue weighted by Gasteiger charge is -2.27. The van der Waals surface area contributed by atoms with E-state index in [9.17, 15) is 14.7 Å². The van der Waals surface area contributed by atoms with Gasteiger partial charge in [0.2, 0.25) is 0 Å². The lowest BCUT2D eigenvalue weighted by molar-refractivity contribution is -0.140. The molecule has 1 heterocycles. The van der Waals surface area contributed by atoms with E-state index >= 15 is 0 Å². The van der Waals surface area contributed by atoms with Crippen molar-refractivity contribution in [2.24, 2.45) is 0 Å². The molecule has 37 heavy (non-hydrogen) atoms. The molecule has 0 unspecified atom stereocenters. The smallest absolute Gasteiger partial charge is 0.295 e. The Bertz CT molecular complexity index is 1360. The second kappa shape index (κ2) is 11.4. The number of likely N-dealkylation sites (N-methyl/N-ethyl adjacent to an activating group) is 1. The number of benzene rings is 3. The van der Waals surface area contributed by atoms with E-state index in [1.54, 1.807) is 36.4 Å². The van der Waals surface area contributed by atoms with Crippen molar-refractivity contribution in [3.8, 4) is 5.75 Å². The Hall–Kier alpha value is -3.32. The van der Waals surface area contributed by atoms with Crippen molar-refractivity contribution in [2.75, 3.05) is 27.2 Å². The van der Waals surface area contributed by atoms with E-state index in [1.165, 1.54) is 4.90 Å². The summed E-state index contributed by atoms with van der Waals surface area (Å²) in [5.74, 6) is -1.02. The van der Waals surface area contributed by atoms with Crippen LogP contribution >= 0.6 is 23.2 Å². The fourth-order valence-corrected chi connectivity index (χ4v) is 4.63. The molecule has 1 N–H and O–H groups in total. The molecular weight excluding hydrogens is 511 g/mol. The molecule has 1 atom stereocenters. The predicted octanol–water partition coefficient (Wildman–Crippen LogP) is 5.86. The summed E-state index contributed by atoms with van der Waals surface area (Å²) in [6.07, 6.45) is 0. The first-order valence-corrected chi connectivity index (χ1v) is 12.6. The first kappa shape index (κ1) is 26.7. The molecule has 3 aromatic rings. The number of aliphatic hydroxyl groups excluding tert-OH is 1. The SMILES string of the molecule is Cc1cc(OCc2ccccc2)ccc1C(O)=C1C(=O)C(=O)N(CCN(C)C)[C@@H]1c1ccc(Cl)c(Cl)c1. The van der Waals surface area contributed by atoms with Gasteiger partial charge in [-0.2, -0.15) is 0 Å². The number of amides is 1. The molecule has 0 aliphatic carbocycles. The van der Waals surface area contributed by atoms with Crippen LogP contribution in [0.2, 0.25) is 10.0 Å². The Morgan fingerprint density at radius 3 is 2.38 bits per heavy atom. The van der Waals surface area contributed by atoms with Gasteiger partial charge in [-0.15, -0.1) is 0 Å². The molecule has 1 amide bonds. The highest BCUT2D eigenvalue weighted by atomic mass is 35.5. The molecule has 8 heteroatoms. The maximum Gasteiger partial charge on any atom is 0.295 e. The summed E-state index contributed by atoms with van der Waals surface area (Å²) in [6, 6.07) is 19.2. The maximum absolute atomic E-state index is 13.2. The third kappa shape index (κ3) is 5.82. The van der Waals surface area contributed by atoms with Crippen LogP contribution in [0.25, 0.3) is 5.76 Å². The monoisotopic (exact) mass is 538 g/mol. The van der Waals surface area contributed by atoms with Gasteiger partial charge in [-0.05, 0) is 68.0 Å². The van der Waals surface area contributed by atoms with Crippen molar-refractivity contribution in [3.63, 3.8) is 0 Å². The number of aryl methyl sites for hydroxylation is 1. The van der Waals surface area contributed by atoms with Crippen molar-refractivity contribution in [3.05, 3.63) is 105 Å². The van der Waals surface area contributed by atoms with Gasteiger partial charge < -0.3 is 19.6 Å². The minimum Gasteiger partial charge on any atom is -0.507 e. The minimum atomic E-state index is -0.803. The quantitative estimate of drug-likeness (QED) is 0.221. The van der Waals surface area contributed by atoms with Crippen LogP contribution in [0, 0.1) is 6.92 Å². The second-order valence-corrected chi connectivity index (χ2v) is 10.0. The molecule has 6 nitrogen and oxygen atoms in total. The molecule has 3 aromatic carbocycles. The van der Waals surface area contributed by atoms with Crippen LogP contribution in [0.15, 0.2) is 72.3 Å². The fourth-order valence-electron chi connectivity index (χ4n) is 4.33. The average molecular weight is 539 g/mol. The van der Waals surface area contributed by atoms with Crippen molar-refractivity contribution >= 4 is 40.7 Å². The van der Waals surface area contributed by atoms with Crippen LogP contribution in [0.1, 0.15) is 28.3 Å². The van der Waals surface area contributed by atoms with Crippen LogP contribution in [0.3, 0.4) is 0 Å². The van der Waals surface area contributed by atoms with E-state index in [4.69, 9.17) is 27.9 Å². The highest BCUT2D eigenvalue weighted by molar-refractivity contribution is 6.47. The summed E-state index contributed by atoms with van der Waals surface area (Å²) in [4.78, 5) is 29.7. The Morgan fingerprint density at radius 1 is 1.00 bits per heavy atom. The van der Waals surface area contributed by atoms with Crippen molar-refractivity contribution in [1.82, 2.24) is 9.80 Å². The predicted molar refractivity (Wildman–Crippen MR) is 146 cm³/mol. The molecule has 192 valence electrons. The van der Waals surface area contributed by atoms with E-state index < -0.39 is 17.7 Å². The molecule has 1 aliphatic heterocycles. The summed E-state index contributed by atoms with van der Waals surface area (Å²) in [5.41, 5.74) is 2.79. The van der Waals surface area contributed by atoms with Gasteiger partial charge in [0.05, 0.1) is 21.7 Å². The topological polar surface area (TPSA) is 70.1 Å². The van der Waals surface area contributed by atoms with Crippen molar-refractivity contribution < 1.29 is 19.4 Å². The number of hydrogen-bond acceptors (Lipinski definition) is 5. The third-order valence-electron chi connectivity index (χ3n) is 6.29. The molecule has 0 spiro atoms. The Balaban J connectivity index is 1.72. The summed E-state index contributed by atoms with van der Waals surface area (Å²) in [6.45, 7) is 3.06. The van der Waals surface area contributed by atoms with E-state index in [0.717, 1.165) is 5.56 Å². The first-order chi connectivity index (χ1) is 17.7. The number of nitrogens with zero attached hydrogens (tertiary/aromatic N) is 2. The molecule has 4 rings (SSSR count). The third-order valence-corrected chi connectivity index (χ3v) is 7.03. The molecule has 1 fully saturated rings.